The molecule has 0 aromatic heterocycles. The first-order valence-electron chi connectivity index (χ1n) is 9.97. The molecule has 1 N–H and O–H groups in total. The van der Waals surface area contributed by atoms with Crippen molar-refractivity contribution >= 4 is 33.0 Å². The van der Waals surface area contributed by atoms with E-state index in [4.69, 9.17) is 9.47 Å². The van der Waals surface area contributed by atoms with Gasteiger partial charge in [-0.1, -0.05) is 12.1 Å². The Balaban J connectivity index is 1.48. The Bertz CT molecular complexity index is 1000. The number of carbonyl (C=O) groups is 1. The van der Waals surface area contributed by atoms with Crippen molar-refractivity contribution in [1.82, 2.24) is 0 Å². The number of nitrogens with zero attached hydrogens (tertiary/aromatic N) is 2. The molecule has 2 aromatic carbocycles. The van der Waals surface area contributed by atoms with E-state index in [1.165, 1.54) is 4.31 Å². The Labute approximate surface area is 176 Å². The SMILES string of the molecule is CCS(=O)(=O)N1C[C@@H](C(=O)Nc2ccc(N3CCOCC3)cc2)Oc2ccccc21. The molecule has 0 unspecified atom stereocenters. The summed E-state index contributed by atoms with van der Waals surface area (Å²) < 4.78 is 37.6. The molecular weight excluding hydrogens is 406 g/mol. The summed E-state index contributed by atoms with van der Waals surface area (Å²) in [5.74, 6) is -0.0675. The van der Waals surface area contributed by atoms with Crippen LogP contribution >= 0.6 is 0 Å². The number of benzene rings is 2. The Kier molecular flexibility index (Phi) is 5.83. The minimum Gasteiger partial charge on any atom is -0.476 e. The number of morpholine rings is 1. The topological polar surface area (TPSA) is 88.2 Å². The summed E-state index contributed by atoms with van der Waals surface area (Å²) in [5, 5.41) is 2.83. The van der Waals surface area contributed by atoms with Crippen LogP contribution in [0.4, 0.5) is 17.1 Å². The molecule has 1 atom stereocenters. The lowest BCUT2D eigenvalue weighted by atomic mass is 10.2. The molecule has 2 heterocycles. The number of nitrogens with one attached hydrogen (secondary N) is 1. The van der Waals surface area contributed by atoms with Crippen LogP contribution < -0.4 is 19.3 Å². The van der Waals surface area contributed by atoms with Crippen molar-refractivity contribution in [1.29, 1.82) is 0 Å². The van der Waals surface area contributed by atoms with Crippen molar-refractivity contribution < 1.29 is 22.7 Å². The minimum absolute atomic E-state index is 0.0569. The summed E-state index contributed by atoms with van der Waals surface area (Å²) >= 11 is 0. The molecular formula is C21H25N3O5S. The highest BCUT2D eigenvalue weighted by atomic mass is 32.2. The maximum Gasteiger partial charge on any atom is 0.267 e. The van der Waals surface area contributed by atoms with Crippen LogP contribution in [0.2, 0.25) is 0 Å². The molecule has 0 bridgehead atoms. The molecule has 30 heavy (non-hydrogen) atoms. The monoisotopic (exact) mass is 431 g/mol. The molecule has 9 heteroatoms. The van der Waals surface area contributed by atoms with Gasteiger partial charge in [0.25, 0.3) is 5.91 Å². The summed E-state index contributed by atoms with van der Waals surface area (Å²) in [6.07, 6.45) is -0.944. The maximum absolute atomic E-state index is 12.8. The van der Waals surface area contributed by atoms with Gasteiger partial charge < -0.3 is 19.7 Å². The smallest absolute Gasteiger partial charge is 0.267 e. The van der Waals surface area contributed by atoms with E-state index >= 15 is 0 Å². The number of anilines is 3. The molecule has 0 spiro atoms. The lowest BCUT2D eigenvalue weighted by Crippen LogP contribution is -2.49. The predicted molar refractivity (Wildman–Crippen MR) is 116 cm³/mol. The normalized spacial score (nSPS) is 19.0. The molecule has 0 aliphatic carbocycles. The average molecular weight is 432 g/mol. The highest BCUT2D eigenvalue weighted by Crippen LogP contribution is 2.35. The first-order valence-corrected chi connectivity index (χ1v) is 11.6. The van der Waals surface area contributed by atoms with E-state index in [0.29, 0.717) is 30.3 Å². The lowest BCUT2D eigenvalue weighted by Gasteiger charge is -2.34. The molecule has 160 valence electrons. The van der Waals surface area contributed by atoms with Crippen LogP contribution in [0.5, 0.6) is 5.75 Å². The van der Waals surface area contributed by atoms with Gasteiger partial charge in [0.15, 0.2) is 6.10 Å². The summed E-state index contributed by atoms with van der Waals surface area (Å²) in [7, 11) is -3.53. The number of para-hydroxylation sites is 2. The molecule has 1 saturated heterocycles. The van der Waals surface area contributed by atoms with Crippen LogP contribution in [0.1, 0.15) is 6.92 Å². The van der Waals surface area contributed by atoms with Crippen molar-refractivity contribution in [3.8, 4) is 5.75 Å². The van der Waals surface area contributed by atoms with Gasteiger partial charge in [0.2, 0.25) is 10.0 Å². The van der Waals surface area contributed by atoms with Crippen LogP contribution in [0.3, 0.4) is 0 Å². The van der Waals surface area contributed by atoms with Crippen LogP contribution in [0.25, 0.3) is 0 Å². The minimum atomic E-state index is -3.53. The number of rotatable bonds is 5. The standard InChI is InChI=1S/C21H25N3O5S/c1-2-30(26,27)24-15-20(29-19-6-4-3-5-18(19)24)21(25)22-16-7-9-17(10-8-16)23-11-13-28-14-12-23/h3-10,20H,2,11-15H2,1H3,(H,22,25)/t20-/m0/s1. The molecule has 0 radical (unpaired) electrons. The Hall–Kier alpha value is -2.78. The Morgan fingerprint density at radius 2 is 1.80 bits per heavy atom. The lowest BCUT2D eigenvalue weighted by molar-refractivity contribution is -0.122. The molecule has 2 aliphatic rings. The zero-order chi connectivity index (χ0) is 21.1. The van der Waals surface area contributed by atoms with E-state index in [1.807, 2.05) is 24.3 Å². The van der Waals surface area contributed by atoms with Crippen molar-refractivity contribution in [3.05, 3.63) is 48.5 Å². The van der Waals surface area contributed by atoms with Gasteiger partial charge in [0.1, 0.15) is 5.75 Å². The van der Waals surface area contributed by atoms with Crippen molar-refractivity contribution in [2.75, 3.05) is 53.1 Å². The Morgan fingerprint density at radius 1 is 1.10 bits per heavy atom. The summed E-state index contributed by atoms with van der Waals surface area (Å²) in [4.78, 5) is 15.1. The third-order valence-electron chi connectivity index (χ3n) is 5.24. The number of hydrogen-bond donors (Lipinski definition) is 1. The van der Waals surface area contributed by atoms with Crippen molar-refractivity contribution in [3.63, 3.8) is 0 Å². The second-order valence-electron chi connectivity index (χ2n) is 7.14. The van der Waals surface area contributed by atoms with E-state index in [9.17, 15) is 13.2 Å². The third-order valence-corrected chi connectivity index (χ3v) is 6.99. The van der Waals surface area contributed by atoms with Gasteiger partial charge in [-0.05, 0) is 43.3 Å². The first kappa shape index (κ1) is 20.5. The van der Waals surface area contributed by atoms with Crippen LogP contribution in [0, 0.1) is 0 Å². The molecule has 2 aliphatic heterocycles. The van der Waals surface area contributed by atoms with Crippen molar-refractivity contribution in [2.24, 2.45) is 0 Å². The zero-order valence-electron chi connectivity index (χ0n) is 16.8. The fourth-order valence-electron chi connectivity index (χ4n) is 3.56. The second kappa shape index (κ2) is 8.53. The number of fused-ring (bicyclic) bond motifs is 1. The van der Waals surface area contributed by atoms with E-state index in [2.05, 4.69) is 10.2 Å². The number of sulfonamides is 1. The van der Waals surface area contributed by atoms with Gasteiger partial charge in [-0.3, -0.25) is 9.10 Å². The summed E-state index contributed by atoms with van der Waals surface area (Å²) in [6.45, 7) is 4.60. The van der Waals surface area contributed by atoms with Gasteiger partial charge in [-0.25, -0.2) is 8.42 Å². The van der Waals surface area contributed by atoms with Gasteiger partial charge >= 0.3 is 0 Å². The van der Waals surface area contributed by atoms with E-state index in [1.54, 1.807) is 31.2 Å². The quantitative estimate of drug-likeness (QED) is 0.780. The van der Waals surface area contributed by atoms with Crippen LogP contribution in [-0.4, -0.2) is 59.0 Å². The fourth-order valence-corrected chi connectivity index (χ4v) is 4.68. The highest BCUT2D eigenvalue weighted by Gasteiger charge is 2.35. The van der Waals surface area contributed by atoms with Gasteiger partial charge in [0.05, 0.1) is 31.2 Å². The van der Waals surface area contributed by atoms with E-state index in [-0.39, 0.29) is 18.2 Å². The average Bonchev–Trinajstić information content (AvgIpc) is 2.79. The fraction of sp³-hybridized carbons (Fsp3) is 0.381. The van der Waals surface area contributed by atoms with Crippen molar-refractivity contribution in [2.45, 2.75) is 13.0 Å². The molecule has 1 amide bonds. The Morgan fingerprint density at radius 3 is 2.50 bits per heavy atom. The second-order valence-corrected chi connectivity index (χ2v) is 9.32. The molecule has 0 saturated carbocycles. The predicted octanol–water partition coefficient (Wildman–Crippen LogP) is 2.08. The molecule has 2 aromatic rings. The van der Waals surface area contributed by atoms with E-state index in [0.717, 1.165) is 18.8 Å². The van der Waals surface area contributed by atoms with Gasteiger partial charge in [0, 0.05) is 24.5 Å². The van der Waals surface area contributed by atoms with Crippen LogP contribution in [-0.2, 0) is 19.6 Å². The third kappa shape index (κ3) is 4.22. The first-order chi connectivity index (χ1) is 14.5. The summed E-state index contributed by atoms with van der Waals surface area (Å²) in [6, 6.07) is 14.4. The molecule has 4 rings (SSSR count). The number of ether oxygens (including phenoxy) is 2. The van der Waals surface area contributed by atoms with E-state index < -0.39 is 16.1 Å². The number of amides is 1. The van der Waals surface area contributed by atoms with Gasteiger partial charge in [-0.15, -0.1) is 0 Å². The largest absolute Gasteiger partial charge is 0.476 e. The molecule has 1 fully saturated rings. The van der Waals surface area contributed by atoms with Gasteiger partial charge in [-0.2, -0.15) is 0 Å². The van der Waals surface area contributed by atoms with Crippen LogP contribution in [0.15, 0.2) is 48.5 Å². The highest BCUT2D eigenvalue weighted by molar-refractivity contribution is 7.92. The number of carbonyl (C=O) groups excluding carboxylic acids is 1. The maximum atomic E-state index is 12.8. The molecule has 8 nitrogen and oxygen atoms in total. The summed E-state index contributed by atoms with van der Waals surface area (Å²) in [5.41, 5.74) is 2.15. The zero-order valence-corrected chi connectivity index (χ0v) is 17.6. The number of hydrogen-bond acceptors (Lipinski definition) is 6.